The van der Waals surface area contributed by atoms with Crippen LogP contribution in [0.25, 0.3) is 0 Å². The first-order valence-corrected chi connectivity index (χ1v) is 6.50. The van der Waals surface area contributed by atoms with Gasteiger partial charge in [0.2, 0.25) is 0 Å². The van der Waals surface area contributed by atoms with Crippen LogP contribution in [0.2, 0.25) is 0 Å². The molecule has 0 amide bonds. The number of allylic oxidation sites excluding steroid dienone is 2. The Bertz CT molecular complexity index is 209. The zero-order chi connectivity index (χ0) is 9.80. The maximum absolute atomic E-state index is 5.61. The lowest BCUT2D eigenvalue weighted by atomic mass is 10.1. The van der Waals surface area contributed by atoms with Gasteiger partial charge < -0.3 is 9.05 Å². The van der Waals surface area contributed by atoms with Crippen molar-refractivity contribution >= 4 is 8.60 Å². The van der Waals surface area contributed by atoms with Gasteiger partial charge in [-0.2, -0.15) is 0 Å². The van der Waals surface area contributed by atoms with Crippen LogP contribution in [0.4, 0.5) is 0 Å². The molecular weight excluding hydrogens is 199 g/mol. The largest absolute Gasteiger partial charge is 0.462 e. The van der Waals surface area contributed by atoms with E-state index in [-0.39, 0.29) is 0 Å². The molecule has 0 spiro atoms. The Morgan fingerprint density at radius 2 is 1.86 bits per heavy atom. The normalized spacial score (nSPS) is 21.8. The molecule has 80 valence electrons. The Kier molecular flexibility index (Phi) is 3.66. The molecule has 2 aliphatic rings. The molecule has 0 fully saturated rings. The van der Waals surface area contributed by atoms with E-state index in [1.165, 1.54) is 12.8 Å². The van der Waals surface area contributed by atoms with Gasteiger partial charge in [-0.1, -0.05) is 13.3 Å². The van der Waals surface area contributed by atoms with E-state index in [1.807, 2.05) is 0 Å². The van der Waals surface area contributed by atoms with Crippen molar-refractivity contribution in [1.29, 1.82) is 0 Å². The summed E-state index contributed by atoms with van der Waals surface area (Å²) in [6.45, 7) is 2.90. The molecule has 1 aliphatic carbocycles. The van der Waals surface area contributed by atoms with Crippen molar-refractivity contribution in [3.8, 4) is 0 Å². The summed E-state index contributed by atoms with van der Waals surface area (Å²) in [4.78, 5) is 0. The van der Waals surface area contributed by atoms with Gasteiger partial charge in [-0.05, 0) is 19.3 Å². The molecule has 0 aromatic heterocycles. The van der Waals surface area contributed by atoms with Crippen molar-refractivity contribution < 1.29 is 13.6 Å². The summed E-state index contributed by atoms with van der Waals surface area (Å²) in [6, 6.07) is 0. The highest BCUT2D eigenvalue weighted by atomic mass is 31.2. The van der Waals surface area contributed by atoms with Gasteiger partial charge in [-0.25, -0.2) is 0 Å². The van der Waals surface area contributed by atoms with Gasteiger partial charge in [-0.15, -0.1) is 0 Å². The van der Waals surface area contributed by atoms with Crippen LogP contribution < -0.4 is 0 Å². The van der Waals surface area contributed by atoms with Crippen LogP contribution in [0.3, 0.4) is 0 Å². The topological polar surface area (TPSA) is 27.7 Å². The molecule has 0 bridgehead atoms. The van der Waals surface area contributed by atoms with Gasteiger partial charge in [0.1, 0.15) is 11.5 Å². The van der Waals surface area contributed by atoms with Gasteiger partial charge >= 0.3 is 8.60 Å². The number of hydrogen-bond acceptors (Lipinski definition) is 3. The van der Waals surface area contributed by atoms with Crippen LogP contribution in [-0.2, 0) is 13.6 Å². The molecule has 14 heavy (non-hydrogen) atoms. The fraction of sp³-hybridized carbons (Fsp3) is 0.800. The first-order valence-electron chi connectivity index (χ1n) is 5.41. The van der Waals surface area contributed by atoms with E-state index in [0.29, 0.717) is 0 Å². The Morgan fingerprint density at radius 1 is 1.21 bits per heavy atom. The standard InChI is InChI=1S/C10H17O3P/c1-2-3-8-11-14-12-9-6-4-5-7-10(9)13-14/h2-8H2,1H3. The highest BCUT2D eigenvalue weighted by Crippen LogP contribution is 2.54. The minimum absolute atomic E-state index is 0.753. The summed E-state index contributed by atoms with van der Waals surface area (Å²) in [5.74, 6) is 2.11. The van der Waals surface area contributed by atoms with Crippen molar-refractivity contribution in [3.05, 3.63) is 11.5 Å². The van der Waals surface area contributed by atoms with Crippen molar-refractivity contribution in [2.75, 3.05) is 6.61 Å². The average molecular weight is 216 g/mol. The van der Waals surface area contributed by atoms with E-state index < -0.39 is 8.60 Å². The van der Waals surface area contributed by atoms with Crippen LogP contribution in [0.15, 0.2) is 11.5 Å². The second-order valence-corrected chi connectivity index (χ2v) is 4.72. The smallest absolute Gasteiger partial charge is 0.419 e. The second-order valence-electron chi connectivity index (χ2n) is 3.65. The van der Waals surface area contributed by atoms with Gasteiger partial charge in [0.25, 0.3) is 0 Å². The van der Waals surface area contributed by atoms with Crippen LogP contribution in [0.1, 0.15) is 45.4 Å². The number of unbranched alkanes of at least 4 members (excludes halogenated alkanes) is 1. The van der Waals surface area contributed by atoms with E-state index in [4.69, 9.17) is 13.6 Å². The third kappa shape index (κ3) is 2.40. The molecule has 1 heterocycles. The van der Waals surface area contributed by atoms with E-state index in [9.17, 15) is 0 Å². The zero-order valence-corrected chi connectivity index (χ0v) is 9.52. The predicted molar refractivity (Wildman–Crippen MR) is 55.4 cm³/mol. The van der Waals surface area contributed by atoms with Crippen molar-refractivity contribution in [1.82, 2.24) is 0 Å². The number of hydrogen-bond donors (Lipinski definition) is 0. The molecule has 3 nitrogen and oxygen atoms in total. The third-order valence-corrected chi connectivity index (χ3v) is 3.57. The molecule has 0 atom stereocenters. The highest BCUT2D eigenvalue weighted by molar-refractivity contribution is 7.42. The molecule has 1 aliphatic heterocycles. The fourth-order valence-electron chi connectivity index (χ4n) is 1.58. The SMILES string of the molecule is CCCCOP1OC2=C(CCCC2)O1. The molecule has 0 aromatic rings. The first-order chi connectivity index (χ1) is 6.90. The lowest BCUT2D eigenvalue weighted by molar-refractivity contribution is 0.242. The molecule has 2 rings (SSSR count). The lowest BCUT2D eigenvalue weighted by Crippen LogP contribution is -1.94. The molecule has 0 aromatic carbocycles. The van der Waals surface area contributed by atoms with Gasteiger partial charge in [-0.3, -0.25) is 4.52 Å². The number of rotatable bonds is 4. The molecule has 0 radical (unpaired) electrons. The van der Waals surface area contributed by atoms with E-state index in [1.54, 1.807) is 0 Å². The summed E-state index contributed by atoms with van der Waals surface area (Å²) < 4.78 is 16.7. The minimum atomic E-state index is -1.08. The van der Waals surface area contributed by atoms with Gasteiger partial charge in [0, 0.05) is 12.8 Å². The summed E-state index contributed by atoms with van der Waals surface area (Å²) in [7, 11) is -1.08. The summed E-state index contributed by atoms with van der Waals surface area (Å²) >= 11 is 0. The summed E-state index contributed by atoms with van der Waals surface area (Å²) in [6.07, 6.45) is 6.74. The molecule has 0 N–H and O–H groups in total. The monoisotopic (exact) mass is 216 g/mol. The van der Waals surface area contributed by atoms with Crippen molar-refractivity contribution in [2.45, 2.75) is 45.4 Å². The zero-order valence-electron chi connectivity index (χ0n) is 8.62. The van der Waals surface area contributed by atoms with E-state index in [2.05, 4.69) is 6.92 Å². The molecule has 0 saturated carbocycles. The van der Waals surface area contributed by atoms with Gasteiger partial charge in [0.05, 0.1) is 6.61 Å². The Balaban J connectivity index is 1.74. The van der Waals surface area contributed by atoms with Crippen LogP contribution in [0.5, 0.6) is 0 Å². The van der Waals surface area contributed by atoms with Crippen LogP contribution >= 0.6 is 8.60 Å². The molecular formula is C10H17O3P. The van der Waals surface area contributed by atoms with E-state index >= 15 is 0 Å². The van der Waals surface area contributed by atoms with E-state index in [0.717, 1.165) is 43.8 Å². The average Bonchev–Trinajstić information content (AvgIpc) is 2.60. The maximum Gasteiger partial charge on any atom is 0.462 e. The highest BCUT2D eigenvalue weighted by Gasteiger charge is 2.31. The van der Waals surface area contributed by atoms with Crippen LogP contribution in [0, 0.1) is 0 Å². The molecule has 0 unspecified atom stereocenters. The minimum Gasteiger partial charge on any atom is -0.419 e. The maximum atomic E-state index is 5.61. The van der Waals surface area contributed by atoms with Crippen molar-refractivity contribution in [2.24, 2.45) is 0 Å². The summed E-state index contributed by atoms with van der Waals surface area (Å²) in [5.41, 5.74) is 0. The quantitative estimate of drug-likeness (QED) is 0.527. The van der Waals surface area contributed by atoms with Crippen molar-refractivity contribution in [3.63, 3.8) is 0 Å². The third-order valence-electron chi connectivity index (χ3n) is 2.43. The Labute approximate surface area is 86.4 Å². The molecule has 0 saturated heterocycles. The first kappa shape index (κ1) is 10.3. The van der Waals surface area contributed by atoms with Gasteiger partial charge in [0.15, 0.2) is 0 Å². The second kappa shape index (κ2) is 4.99. The Morgan fingerprint density at radius 3 is 2.43 bits per heavy atom. The summed E-state index contributed by atoms with van der Waals surface area (Å²) in [5, 5.41) is 0. The van der Waals surface area contributed by atoms with Crippen LogP contribution in [-0.4, -0.2) is 6.61 Å². The molecule has 4 heteroatoms. The fourth-order valence-corrected chi connectivity index (χ4v) is 2.74. The predicted octanol–water partition coefficient (Wildman–Crippen LogP) is 3.86. The Hall–Kier alpha value is -0.270. The lowest BCUT2D eigenvalue weighted by Gasteiger charge is -2.08.